The van der Waals surface area contributed by atoms with Crippen molar-refractivity contribution in [1.29, 1.82) is 0 Å². The van der Waals surface area contributed by atoms with Gasteiger partial charge in [0.25, 0.3) is 0 Å². The summed E-state index contributed by atoms with van der Waals surface area (Å²) >= 11 is 6.06. The van der Waals surface area contributed by atoms with E-state index in [1.54, 1.807) is 0 Å². The average Bonchev–Trinajstić information content (AvgIpc) is 3.20. The molecule has 0 spiro atoms. The third-order valence-electron chi connectivity index (χ3n) is 4.01. The van der Waals surface area contributed by atoms with E-state index >= 15 is 0 Å². The summed E-state index contributed by atoms with van der Waals surface area (Å²) in [5.41, 5.74) is 8.93. The molecule has 4 rings (SSSR count). The van der Waals surface area contributed by atoms with Crippen LogP contribution in [-0.2, 0) is 5.54 Å². The Hall–Kier alpha value is -0.990. The first kappa shape index (κ1) is 9.98. The summed E-state index contributed by atoms with van der Waals surface area (Å²) in [6.45, 7) is 0. The number of hydrogen-bond donors (Lipinski definition) is 1. The van der Waals surface area contributed by atoms with Gasteiger partial charge in [-0.1, -0.05) is 11.6 Å². The second-order valence-corrected chi connectivity index (χ2v) is 5.93. The summed E-state index contributed by atoms with van der Waals surface area (Å²) in [7, 11) is 0. The number of nitrogens with two attached hydrogens (primary N) is 1. The molecule has 1 aromatic heterocycles. The molecular formula is C14H15ClN2. The van der Waals surface area contributed by atoms with Crippen LogP contribution in [0.25, 0.3) is 10.9 Å². The van der Waals surface area contributed by atoms with Crippen LogP contribution in [0.3, 0.4) is 0 Å². The summed E-state index contributed by atoms with van der Waals surface area (Å²) in [5, 5.41) is 2.04. The molecule has 2 saturated carbocycles. The van der Waals surface area contributed by atoms with Crippen molar-refractivity contribution in [1.82, 2.24) is 4.57 Å². The van der Waals surface area contributed by atoms with Gasteiger partial charge in [-0.3, -0.25) is 0 Å². The smallest absolute Gasteiger partial charge is 0.0565 e. The number of fused-ring (bicyclic) bond motifs is 1. The number of rotatable bonds is 2. The highest BCUT2D eigenvalue weighted by Crippen LogP contribution is 2.49. The Morgan fingerprint density at radius 2 is 2.00 bits per heavy atom. The molecule has 0 radical (unpaired) electrons. The van der Waals surface area contributed by atoms with Gasteiger partial charge >= 0.3 is 0 Å². The normalized spacial score (nSPS) is 22.0. The SMILES string of the molecule is NC1(c2cc3cc(Cl)ccc3n2C2CC2)CC1. The molecule has 1 heterocycles. The molecule has 88 valence electrons. The van der Waals surface area contributed by atoms with Crippen molar-refractivity contribution in [2.45, 2.75) is 37.3 Å². The van der Waals surface area contributed by atoms with Crippen LogP contribution in [0.5, 0.6) is 0 Å². The minimum Gasteiger partial charge on any atom is -0.340 e. The van der Waals surface area contributed by atoms with Crippen molar-refractivity contribution < 1.29 is 0 Å². The number of hydrogen-bond acceptors (Lipinski definition) is 1. The van der Waals surface area contributed by atoms with Gasteiger partial charge < -0.3 is 10.3 Å². The summed E-state index contributed by atoms with van der Waals surface area (Å²) in [6, 6.07) is 9.07. The second-order valence-electron chi connectivity index (χ2n) is 5.49. The van der Waals surface area contributed by atoms with Gasteiger partial charge in [0, 0.05) is 27.7 Å². The van der Waals surface area contributed by atoms with Crippen molar-refractivity contribution in [2.75, 3.05) is 0 Å². The average molecular weight is 247 g/mol. The maximum absolute atomic E-state index is 6.38. The van der Waals surface area contributed by atoms with Crippen LogP contribution in [-0.4, -0.2) is 4.57 Å². The lowest BCUT2D eigenvalue weighted by atomic mass is 10.2. The number of halogens is 1. The Morgan fingerprint density at radius 3 is 2.65 bits per heavy atom. The Morgan fingerprint density at radius 1 is 1.24 bits per heavy atom. The second kappa shape index (κ2) is 3.06. The fourth-order valence-electron chi connectivity index (χ4n) is 2.71. The molecule has 2 aliphatic rings. The Balaban J connectivity index is 2.01. The van der Waals surface area contributed by atoms with E-state index in [9.17, 15) is 0 Å². The maximum Gasteiger partial charge on any atom is 0.0565 e. The van der Waals surface area contributed by atoms with E-state index in [1.807, 2.05) is 12.1 Å². The van der Waals surface area contributed by atoms with Crippen molar-refractivity contribution in [2.24, 2.45) is 5.73 Å². The third-order valence-corrected chi connectivity index (χ3v) is 4.25. The quantitative estimate of drug-likeness (QED) is 0.863. The molecule has 2 nitrogen and oxygen atoms in total. The van der Waals surface area contributed by atoms with E-state index < -0.39 is 0 Å². The minimum atomic E-state index is -0.0614. The molecule has 17 heavy (non-hydrogen) atoms. The highest BCUT2D eigenvalue weighted by atomic mass is 35.5. The molecule has 3 heteroatoms. The van der Waals surface area contributed by atoms with Crippen molar-refractivity contribution in [3.05, 3.63) is 35.0 Å². The molecule has 0 aliphatic heterocycles. The summed E-state index contributed by atoms with van der Waals surface area (Å²) in [4.78, 5) is 0. The van der Waals surface area contributed by atoms with Gasteiger partial charge in [-0.15, -0.1) is 0 Å². The van der Waals surface area contributed by atoms with Crippen LogP contribution < -0.4 is 5.73 Å². The minimum absolute atomic E-state index is 0.0614. The molecular weight excluding hydrogens is 232 g/mol. The van der Waals surface area contributed by atoms with E-state index in [1.165, 1.54) is 29.4 Å². The van der Waals surface area contributed by atoms with Crippen molar-refractivity contribution >= 4 is 22.5 Å². The van der Waals surface area contributed by atoms with Gasteiger partial charge in [-0.25, -0.2) is 0 Å². The molecule has 0 amide bonds. The molecule has 2 aliphatic carbocycles. The lowest BCUT2D eigenvalue weighted by Gasteiger charge is -2.14. The lowest BCUT2D eigenvalue weighted by Crippen LogP contribution is -2.22. The maximum atomic E-state index is 6.38. The van der Waals surface area contributed by atoms with Gasteiger partial charge in [0.05, 0.1) is 5.54 Å². The van der Waals surface area contributed by atoms with Crippen molar-refractivity contribution in [3.63, 3.8) is 0 Å². The summed E-state index contributed by atoms with van der Waals surface area (Å²) in [5.74, 6) is 0. The molecule has 0 atom stereocenters. The van der Waals surface area contributed by atoms with E-state index in [2.05, 4.69) is 16.7 Å². The topological polar surface area (TPSA) is 30.9 Å². The largest absolute Gasteiger partial charge is 0.340 e. The van der Waals surface area contributed by atoms with E-state index in [0.29, 0.717) is 6.04 Å². The first-order valence-electron chi connectivity index (χ1n) is 6.27. The zero-order valence-corrected chi connectivity index (χ0v) is 10.4. The van der Waals surface area contributed by atoms with Crippen LogP contribution in [0.15, 0.2) is 24.3 Å². The molecule has 2 fully saturated rings. The van der Waals surface area contributed by atoms with Crippen LogP contribution in [0.1, 0.15) is 37.4 Å². The molecule has 2 aromatic rings. The molecule has 0 bridgehead atoms. The summed E-state index contributed by atoms with van der Waals surface area (Å²) in [6.07, 6.45) is 4.80. The van der Waals surface area contributed by atoms with E-state index in [4.69, 9.17) is 17.3 Å². The van der Waals surface area contributed by atoms with E-state index in [-0.39, 0.29) is 5.54 Å². The molecule has 2 N–H and O–H groups in total. The Kier molecular flexibility index (Phi) is 1.80. The first-order chi connectivity index (χ1) is 8.17. The number of aromatic nitrogens is 1. The molecule has 0 saturated heterocycles. The van der Waals surface area contributed by atoms with E-state index in [0.717, 1.165) is 17.9 Å². The first-order valence-corrected chi connectivity index (χ1v) is 6.65. The lowest BCUT2D eigenvalue weighted by molar-refractivity contribution is 0.622. The van der Waals surface area contributed by atoms with Gasteiger partial charge in [0.15, 0.2) is 0 Å². The number of nitrogens with zero attached hydrogens (tertiary/aromatic N) is 1. The molecule has 0 unspecified atom stereocenters. The van der Waals surface area contributed by atoms with Gasteiger partial charge in [0.2, 0.25) is 0 Å². The monoisotopic (exact) mass is 246 g/mol. The van der Waals surface area contributed by atoms with Crippen LogP contribution in [0.2, 0.25) is 5.02 Å². The van der Waals surface area contributed by atoms with Crippen LogP contribution in [0.4, 0.5) is 0 Å². The fourth-order valence-corrected chi connectivity index (χ4v) is 2.89. The Bertz CT molecular complexity index is 606. The highest BCUT2D eigenvalue weighted by Gasteiger charge is 2.44. The van der Waals surface area contributed by atoms with Gasteiger partial charge in [-0.2, -0.15) is 0 Å². The van der Waals surface area contributed by atoms with Crippen LogP contribution >= 0.6 is 11.6 Å². The standard InChI is InChI=1S/C14H15ClN2/c15-10-1-4-12-9(7-10)8-13(14(16)5-6-14)17(12)11-2-3-11/h1,4,7-8,11H,2-3,5-6,16H2. The molecule has 1 aromatic carbocycles. The Labute approximate surface area is 105 Å². The van der Waals surface area contributed by atoms with Crippen molar-refractivity contribution in [3.8, 4) is 0 Å². The van der Waals surface area contributed by atoms with Gasteiger partial charge in [-0.05, 0) is 49.9 Å². The third kappa shape index (κ3) is 1.44. The predicted octanol–water partition coefficient (Wildman–Crippen LogP) is 3.58. The van der Waals surface area contributed by atoms with Gasteiger partial charge in [0.1, 0.15) is 0 Å². The fraction of sp³-hybridized carbons (Fsp3) is 0.429. The summed E-state index contributed by atoms with van der Waals surface area (Å²) < 4.78 is 2.46. The number of benzene rings is 1. The zero-order valence-electron chi connectivity index (χ0n) is 9.62. The highest BCUT2D eigenvalue weighted by molar-refractivity contribution is 6.31. The predicted molar refractivity (Wildman–Crippen MR) is 70.3 cm³/mol. The van der Waals surface area contributed by atoms with Crippen LogP contribution in [0, 0.1) is 0 Å². The zero-order chi connectivity index (χ0) is 11.6.